The van der Waals surface area contributed by atoms with Crippen LogP contribution in [0.3, 0.4) is 0 Å². The number of aromatic carboxylic acids is 1. The van der Waals surface area contributed by atoms with Gasteiger partial charge in [-0.2, -0.15) is 0 Å². The number of nitrogens with zero attached hydrogens (tertiary/aromatic N) is 1. The molecule has 0 saturated heterocycles. The number of hydrogen-bond donors (Lipinski definition) is 2. The quantitative estimate of drug-likeness (QED) is 0.461. The average Bonchev–Trinajstić information content (AvgIpc) is 2.77. The molecule has 0 aliphatic heterocycles. The van der Waals surface area contributed by atoms with Crippen molar-refractivity contribution < 1.29 is 32.6 Å². The van der Waals surface area contributed by atoms with E-state index in [0.29, 0.717) is 5.56 Å². The Morgan fingerprint density at radius 3 is 2.46 bits per heavy atom. The zero-order valence-corrected chi connectivity index (χ0v) is 21.1. The second-order valence-corrected chi connectivity index (χ2v) is 11.7. The van der Waals surface area contributed by atoms with Crippen molar-refractivity contribution in [1.82, 2.24) is 4.57 Å². The van der Waals surface area contributed by atoms with E-state index >= 15 is 0 Å². The van der Waals surface area contributed by atoms with Gasteiger partial charge in [-0.25, -0.2) is 17.6 Å². The molecule has 0 aliphatic rings. The summed E-state index contributed by atoms with van der Waals surface area (Å²) >= 11 is 5.88. The molecule has 0 radical (unpaired) electrons. The van der Waals surface area contributed by atoms with Crippen molar-refractivity contribution in [3.05, 3.63) is 74.3 Å². The van der Waals surface area contributed by atoms with Crippen LogP contribution in [0.4, 0.5) is 4.39 Å². The molecule has 0 saturated carbocycles. The van der Waals surface area contributed by atoms with E-state index in [1.807, 2.05) is 0 Å². The number of carboxylic acid groups (broad SMARTS) is 1. The summed E-state index contributed by atoms with van der Waals surface area (Å²) in [5.41, 5.74) is -0.645. The van der Waals surface area contributed by atoms with Gasteiger partial charge in [0.15, 0.2) is 9.84 Å². The Morgan fingerprint density at radius 2 is 1.91 bits per heavy atom. The van der Waals surface area contributed by atoms with Crippen LogP contribution >= 0.6 is 11.6 Å². The van der Waals surface area contributed by atoms with Crippen LogP contribution in [0.15, 0.2) is 41.3 Å². The molecule has 2 aromatic carbocycles. The molecule has 1 heterocycles. The van der Waals surface area contributed by atoms with Gasteiger partial charge in [0.25, 0.3) is 0 Å². The summed E-state index contributed by atoms with van der Waals surface area (Å²) in [4.78, 5) is 25.0. The van der Waals surface area contributed by atoms with Gasteiger partial charge in [0.2, 0.25) is 5.43 Å². The van der Waals surface area contributed by atoms with Gasteiger partial charge in [0.1, 0.15) is 17.1 Å². The van der Waals surface area contributed by atoms with Gasteiger partial charge in [-0.05, 0) is 37.1 Å². The Morgan fingerprint density at radius 1 is 1.26 bits per heavy atom. The Bertz CT molecular complexity index is 1480. The fourth-order valence-corrected chi connectivity index (χ4v) is 4.82. The van der Waals surface area contributed by atoms with E-state index in [1.165, 1.54) is 49.8 Å². The number of carbonyl (C=O) groups is 1. The second-order valence-electron chi connectivity index (χ2n) is 8.73. The highest BCUT2D eigenvalue weighted by Crippen LogP contribution is 2.35. The van der Waals surface area contributed by atoms with Gasteiger partial charge in [-0.1, -0.05) is 23.7 Å². The lowest BCUT2D eigenvalue weighted by molar-refractivity contribution is 0.0694. The molecular formula is C24H25ClFNO7S. The largest absolute Gasteiger partial charge is 0.496 e. The minimum atomic E-state index is -3.74. The normalized spacial score (nSPS) is 13.1. The van der Waals surface area contributed by atoms with Crippen LogP contribution in [0.1, 0.15) is 41.4 Å². The van der Waals surface area contributed by atoms with Crippen molar-refractivity contribution in [3.8, 4) is 5.75 Å². The standard InChI is InChI=1S/C24H25ClFNO7S/c1-24(2,35(4,32)33)20(12-28)27-11-16(23(30)31)22(29)15-9-14(19(34-3)10-18(15)27)8-13-6-5-7-17(25)21(13)26/h5-7,9-11,20,28H,8,12H2,1-4H3,(H,30,31)/t20-/m1/s1. The molecule has 188 valence electrons. The number of aliphatic hydroxyl groups excluding tert-OH is 1. The third kappa shape index (κ3) is 4.78. The van der Waals surface area contributed by atoms with Gasteiger partial charge in [-0.3, -0.25) is 4.79 Å². The van der Waals surface area contributed by atoms with Crippen molar-refractivity contribution >= 4 is 38.3 Å². The van der Waals surface area contributed by atoms with Crippen molar-refractivity contribution in [3.63, 3.8) is 0 Å². The molecule has 1 aromatic heterocycles. The number of pyridine rings is 1. The topological polar surface area (TPSA) is 123 Å². The van der Waals surface area contributed by atoms with Crippen molar-refractivity contribution in [2.75, 3.05) is 20.0 Å². The number of fused-ring (bicyclic) bond motifs is 1. The summed E-state index contributed by atoms with van der Waals surface area (Å²) < 4.78 is 44.8. The Labute approximate surface area is 206 Å². The molecule has 2 N–H and O–H groups in total. The van der Waals surface area contributed by atoms with E-state index in [1.54, 1.807) is 6.07 Å². The predicted molar refractivity (Wildman–Crippen MR) is 131 cm³/mol. The molecule has 1 atom stereocenters. The molecule has 3 aromatic rings. The molecular weight excluding hydrogens is 501 g/mol. The van der Waals surface area contributed by atoms with E-state index in [2.05, 4.69) is 0 Å². The lowest BCUT2D eigenvalue weighted by Crippen LogP contribution is -2.43. The molecule has 0 aliphatic carbocycles. The Kier molecular flexibility index (Phi) is 7.31. The average molecular weight is 526 g/mol. The Hall–Kier alpha value is -2.95. The summed E-state index contributed by atoms with van der Waals surface area (Å²) in [6.45, 7) is 2.15. The monoisotopic (exact) mass is 525 g/mol. The molecule has 0 spiro atoms. The predicted octanol–water partition coefficient (Wildman–Crippen LogP) is 3.45. The summed E-state index contributed by atoms with van der Waals surface area (Å²) in [6.07, 6.45) is 2.02. The summed E-state index contributed by atoms with van der Waals surface area (Å²) in [7, 11) is -2.37. The van der Waals surface area contributed by atoms with Crippen LogP contribution in [0, 0.1) is 5.82 Å². The number of methoxy groups -OCH3 is 1. The fraction of sp³-hybridized carbons (Fsp3) is 0.333. The number of carboxylic acids is 1. The van der Waals surface area contributed by atoms with E-state index in [-0.39, 0.29) is 33.7 Å². The van der Waals surface area contributed by atoms with Gasteiger partial charge in [0.05, 0.1) is 35.0 Å². The lowest BCUT2D eigenvalue weighted by atomic mass is 9.98. The number of ether oxygens (including phenoxy) is 1. The first kappa shape index (κ1) is 26.7. The number of benzene rings is 2. The highest BCUT2D eigenvalue weighted by molar-refractivity contribution is 7.92. The van der Waals surface area contributed by atoms with Crippen molar-refractivity contribution in [2.24, 2.45) is 0 Å². The molecule has 3 rings (SSSR count). The second kappa shape index (κ2) is 9.60. The fourth-order valence-electron chi connectivity index (χ4n) is 3.94. The molecule has 0 fully saturated rings. The third-order valence-electron chi connectivity index (χ3n) is 6.34. The van der Waals surface area contributed by atoms with Crippen LogP contribution < -0.4 is 10.2 Å². The summed E-state index contributed by atoms with van der Waals surface area (Å²) in [6, 6.07) is 6.19. The SMILES string of the molecule is COc1cc2c(cc1Cc1cccc(Cl)c1F)c(=O)c(C(=O)O)cn2[C@H](CO)C(C)(C)S(C)(=O)=O. The molecule has 0 unspecified atom stereocenters. The number of hydrogen-bond acceptors (Lipinski definition) is 6. The zero-order chi connectivity index (χ0) is 26.3. The minimum absolute atomic E-state index is 0.0134. The molecule has 0 bridgehead atoms. The van der Waals surface area contributed by atoms with E-state index in [0.717, 1.165) is 12.5 Å². The highest BCUT2D eigenvalue weighted by atomic mass is 35.5. The number of rotatable bonds is 8. The van der Waals surface area contributed by atoms with E-state index < -0.39 is 50.0 Å². The van der Waals surface area contributed by atoms with Crippen LogP contribution in [0.5, 0.6) is 5.75 Å². The highest BCUT2D eigenvalue weighted by Gasteiger charge is 2.40. The van der Waals surface area contributed by atoms with Gasteiger partial charge in [-0.15, -0.1) is 0 Å². The maximum atomic E-state index is 14.5. The first-order chi connectivity index (χ1) is 16.2. The van der Waals surface area contributed by atoms with Crippen molar-refractivity contribution in [2.45, 2.75) is 31.1 Å². The smallest absolute Gasteiger partial charge is 0.341 e. The molecule has 11 heteroatoms. The van der Waals surface area contributed by atoms with Crippen LogP contribution in [0.2, 0.25) is 5.02 Å². The van der Waals surface area contributed by atoms with Gasteiger partial charge < -0.3 is 19.5 Å². The lowest BCUT2D eigenvalue weighted by Gasteiger charge is -2.34. The molecule has 35 heavy (non-hydrogen) atoms. The number of aromatic nitrogens is 1. The maximum absolute atomic E-state index is 14.5. The number of aliphatic hydroxyl groups is 1. The molecule has 8 nitrogen and oxygen atoms in total. The minimum Gasteiger partial charge on any atom is -0.496 e. The van der Waals surface area contributed by atoms with Gasteiger partial charge in [0, 0.05) is 30.3 Å². The maximum Gasteiger partial charge on any atom is 0.341 e. The first-order valence-corrected chi connectivity index (χ1v) is 12.7. The van der Waals surface area contributed by atoms with E-state index in [4.69, 9.17) is 16.3 Å². The third-order valence-corrected chi connectivity index (χ3v) is 8.82. The van der Waals surface area contributed by atoms with Crippen LogP contribution in [-0.2, 0) is 16.3 Å². The molecule has 0 amide bonds. The van der Waals surface area contributed by atoms with Crippen LogP contribution in [-0.4, -0.2) is 53.9 Å². The van der Waals surface area contributed by atoms with Gasteiger partial charge >= 0.3 is 5.97 Å². The summed E-state index contributed by atoms with van der Waals surface area (Å²) in [5.74, 6) is -1.90. The van der Waals surface area contributed by atoms with E-state index in [9.17, 15) is 32.6 Å². The van der Waals surface area contributed by atoms with Crippen molar-refractivity contribution in [1.29, 1.82) is 0 Å². The first-order valence-electron chi connectivity index (χ1n) is 10.5. The summed E-state index contributed by atoms with van der Waals surface area (Å²) in [5, 5.41) is 19.7. The van der Waals surface area contributed by atoms with Crippen LogP contribution in [0.25, 0.3) is 10.9 Å². The number of halogens is 2. The zero-order valence-electron chi connectivity index (χ0n) is 19.5. The Balaban J connectivity index is 2.39. The number of sulfone groups is 1.